The van der Waals surface area contributed by atoms with Gasteiger partial charge in [-0.25, -0.2) is 0 Å². The molecule has 0 aliphatic heterocycles. The summed E-state index contributed by atoms with van der Waals surface area (Å²) in [5.41, 5.74) is 9.24. The Labute approximate surface area is 95.4 Å². The van der Waals surface area contributed by atoms with Crippen LogP contribution in [0, 0.1) is 13.8 Å². The Morgan fingerprint density at radius 1 is 1.40 bits per heavy atom. The molecule has 3 heteroatoms. The van der Waals surface area contributed by atoms with Crippen molar-refractivity contribution in [3.8, 4) is 5.75 Å². The van der Waals surface area contributed by atoms with Gasteiger partial charge in [0.05, 0.1) is 7.11 Å². The molecule has 1 aromatic rings. The van der Waals surface area contributed by atoms with Gasteiger partial charge in [0.15, 0.2) is 0 Å². The van der Waals surface area contributed by atoms with Crippen LogP contribution in [0.25, 0.3) is 0 Å². The maximum absolute atomic E-state index is 6.24. The van der Waals surface area contributed by atoms with Crippen LogP contribution in [0.3, 0.4) is 0 Å². The van der Waals surface area contributed by atoms with Gasteiger partial charge in [-0.3, -0.25) is 0 Å². The van der Waals surface area contributed by atoms with Crippen LogP contribution in [0.15, 0.2) is 6.07 Å². The summed E-state index contributed by atoms with van der Waals surface area (Å²) in [5.74, 6) is 0.900. The highest BCUT2D eigenvalue weighted by Crippen LogP contribution is 2.50. The van der Waals surface area contributed by atoms with E-state index in [2.05, 4.69) is 0 Å². The van der Waals surface area contributed by atoms with Gasteiger partial charge in [0, 0.05) is 16.1 Å². The summed E-state index contributed by atoms with van der Waals surface area (Å²) < 4.78 is 5.44. The van der Waals surface area contributed by atoms with Crippen molar-refractivity contribution in [3.05, 3.63) is 27.8 Å². The Bertz CT molecular complexity index is 411. The summed E-state index contributed by atoms with van der Waals surface area (Å²) in [6, 6.07) is 1.94. The summed E-state index contributed by atoms with van der Waals surface area (Å²) in [6.07, 6.45) is 2.04. The molecule has 0 unspecified atom stereocenters. The Kier molecular flexibility index (Phi) is 2.44. The molecule has 0 spiro atoms. The molecule has 0 bridgehead atoms. The van der Waals surface area contributed by atoms with Crippen LogP contribution in [-0.4, -0.2) is 7.11 Å². The van der Waals surface area contributed by atoms with Crippen molar-refractivity contribution in [1.29, 1.82) is 0 Å². The van der Waals surface area contributed by atoms with E-state index < -0.39 is 0 Å². The van der Waals surface area contributed by atoms with Gasteiger partial charge in [-0.1, -0.05) is 11.6 Å². The van der Waals surface area contributed by atoms with Gasteiger partial charge in [0.25, 0.3) is 0 Å². The van der Waals surface area contributed by atoms with Gasteiger partial charge < -0.3 is 10.5 Å². The first kappa shape index (κ1) is 10.8. The highest BCUT2D eigenvalue weighted by atomic mass is 35.5. The molecule has 0 amide bonds. The summed E-state index contributed by atoms with van der Waals surface area (Å²) in [5, 5.41) is 0.778. The number of rotatable bonds is 2. The van der Waals surface area contributed by atoms with Crippen LogP contribution >= 0.6 is 11.6 Å². The Hall–Kier alpha value is -0.730. The van der Waals surface area contributed by atoms with E-state index in [1.807, 2.05) is 19.9 Å². The highest BCUT2D eigenvalue weighted by molar-refractivity contribution is 6.31. The molecule has 0 saturated heterocycles. The van der Waals surface area contributed by atoms with E-state index in [-0.39, 0.29) is 5.54 Å². The zero-order valence-electron chi connectivity index (χ0n) is 9.36. The number of aryl methyl sites for hydroxylation is 1. The van der Waals surface area contributed by atoms with Gasteiger partial charge in [-0.05, 0) is 43.9 Å². The molecule has 1 aromatic carbocycles. The molecule has 0 aromatic heterocycles. The first-order valence-electron chi connectivity index (χ1n) is 5.12. The normalized spacial score (nSPS) is 17.7. The van der Waals surface area contributed by atoms with E-state index in [0.29, 0.717) is 0 Å². The number of ether oxygens (including phenoxy) is 1. The Balaban J connectivity index is 2.68. The third kappa shape index (κ3) is 1.62. The van der Waals surface area contributed by atoms with Crippen molar-refractivity contribution in [2.24, 2.45) is 5.73 Å². The van der Waals surface area contributed by atoms with Crippen LogP contribution in [0.1, 0.15) is 29.5 Å². The number of benzene rings is 1. The predicted octanol–water partition coefficient (Wildman–Crippen LogP) is 2.91. The van der Waals surface area contributed by atoms with Crippen molar-refractivity contribution >= 4 is 11.6 Å². The SMILES string of the molecule is COc1c(C)cc(Cl)c(C)c1C1(N)CC1. The van der Waals surface area contributed by atoms with Crippen LogP contribution in [0.4, 0.5) is 0 Å². The standard InChI is InChI=1S/C12H16ClNO/c1-7-6-9(13)8(2)10(11(7)15-3)12(14)4-5-12/h6H,4-5,14H2,1-3H3. The lowest BCUT2D eigenvalue weighted by molar-refractivity contribution is 0.400. The van der Waals surface area contributed by atoms with Gasteiger partial charge >= 0.3 is 0 Å². The summed E-state index contributed by atoms with van der Waals surface area (Å²) >= 11 is 6.17. The van der Waals surface area contributed by atoms with E-state index >= 15 is 0 Å². The first-order valence-corrected chi connectivity index (χ1v) is 5.50. The van der Waals surface area contributed by atoms with Crippen LogP contribution in [0.2, 0.25) is 5.02 Å². The monoisotopic (exact) mass is 225 g/mol. The lowest BCUT2D eigenvalue weighted by atomic mass is 9.96. The fourth-order valence-corrected chi connectivity index (χ4v) is 2.36. The number of hydrogen-bond acceptors (Lipinski definition) is 2. The molecule has 15 heavy (non-hydrogen) atoms. The first-order chi connectivity index (χ1) is 6.99. The average Bonchev–Trinajstić information content (AvgIpc) is 2.90. The van der Waals surface area contributed by atoms with Gasteiger partial charge in [0.1, 0.15) is 5.75 Å². The number of halogens is 1. The molecule has 2 N–H and O–H groups in total. The summed E-state index contributed by atoms with van der Waals surface area (Å²) in [7, 11) is 1.69. The van der Waals surface area contributed by atoms with E-state index in [9.17, 15) is 0 Å². The minimum atomic E-state index is -0.203. The summed E-state index contributed by atoms with van der Waals surface area (Å²) in [6.45, 7) is 4.01. The lowest BCUT2D eigenvalue weighted by Crippen LogP contribution is -2.21. The molecular weight excluding hydrogens is 210 g/mol. The maximum atomic E-state index is 6.24. The molecule has 1 saturated carbocycles. The third-order valence-electron chi connectivity index (χ3n) is 3.15. The smallest absolute Gasteiger partial charge is 0.127 e. The average molecular weight is 226 g/mol. The zero-order chi connectivity index (χ0) is 11.2. The Morgan fingerprint density at radius 2 is 2.00 bits per heavy atom. The topological polar surface area (TPSA) is 35.2 Å². The molecule has 0 heterocycles. The van der Waals surface area contributed by atoms with Crippen molar-refractivity contribution < 1.29 is 4.74 Å². The number of nitrogens with two attached hydrogens (primary N) is 1. The second-order valence-corrected chi connectivity index (χ2v) is 4.77. The van der Waals surface area contributed by atoms with Crippen molar-refractivity contribution in [2.45, 2.75) is 32.2 Å². The molecule has 2 nitrogen and oxygen atoms in total. The van der Waals surface area contributed by atoms with Crippen molar-refractivity contribution in [3.63, 3.8) is 0 Å². The van der Waals surface area contributed by atoms with Crippen LogP contribution in [0.5, 0.6) is 5.75 Å². The Morgan fingerprint density at radius 3 is 2.47 bits per heavy atom. The maximum Gasteiger partial charge on any atom is 0.127 e. The van der Waals surface area contributed by atoms with Crippen molar-refractivity contribution in [1.82, 2.24) is 0 Å². The van der Waals surface area contributed by atoms with Gasteiger partial charge in [-0.15, -0.1) is 0 Å². The zero-order valence-corrected chi connectivity index (χ0v) is 10.1. The summed E-state index contributed by atoms with van der Waals surface area (Å²) in [4.78, 5) is 0. The largest absolute Gasteiger partial charge is 0.496 e. The minimum Gasteiger partial charge on any atom is -0.496 e. The molecule has 1 fully saturated rings. The fourth-order valence-electron chi connectivity index (χ4n) is 2.10. The quantitative estimate of drug-likeness (QED) is 0.840. The van der Waals surface area contributed by atoms with E-state index in [4.69, 9.17) is 22.1 Å². The second kappa shape index (κ2) is 3.39. The lowest BCUT2D eigenvalue weighted by Gasteiger charge is -2.20. The minimum absolute atomic E-state index is 0.203. The number of hydrogen-bond donors (Lipinski definition) is 1. The van der Waals surface area contributed by atoms with E-state index in [1.54, 1.807) is 7.11 Å². The molecule has 82 valence electrons. The van der Waals surface area contributed by atoms with E-state index in [0.717, 1.165) is 40.3 Å². The van der Waals surface area contributed by atoms with E-state index in [1.165, 1.54) is 0 Å². The molecule has 0 atom stereocenters. The molecule has 0 radical (unpaired) electrons. The van der Waals surface area contributed by atoms with Crippen LogP contribution in [-0.2, 0) is 5.54 Å². The third-order valence-corrected chi connectivity index (χ3v) is 3.54. The second-order valence-electron chi connectivity index (χ2n) is 4.36. The van der Waals surface area contributed by atoms with Crippen LogP contribution < -0.4 is 10.5 Å². The van der Waals surface area contributed by atoms with Crippen molar-refractivity contribution in [2.75, 3.05) is 7.11 Å². The van der Waals surface area contributed by atoms with Gasteiger partial charge in [-0.2, -0.15) is 0 Å². The highest BCUT2D eigenvalue weighted by Gasteiger charge is 2.44. The number of methoxy groups -OCH3 is 1. The molecular formula is C12H16ClNO. The predicted molar refractivity (Wildman–Crippen MR) is 62.6 cm³/mol. The molecule has 1 aliphatic rings. The molecule has 2 rings (SSSR count). The van der Waals surface area contributed by atoms with Gasteiger partial charge in [0.2, 0.25) is 0 Å². The molecule has 1 aliphatic carbocycles. The fraction of sp³-hybridized carbons (Fsp3) is 0.500.